The van der Waals surface area contributed by atoms with Gasteiger partial charge in [0, 0.05) is 14.8 Å². The van der Waals surface area contributed by atoms with Gasteiger partial charge in [-0.15, -0.1) is 0 Å². The van der Waals surface area contributed by atoms with Crippen molar-refractivity contribution in [1.29, 1.82) is 0 Å². The molecule has 4 rings (SSSR count). The smallest absolute Gasteiger partial charge is 0.276 e. The summed E-state index contributed by atoms with van der Waals surface area (Å²) in [7, 11) is 0. The fourth-order valence-corrected chi connectivity index (χ4v) is 3.52. The molecular weight excluding hydrogens is 453 g/mol. The van der Waals surface area contributed by atoms with Gasteiger partial charge < -0.3 is 5.32 Å². The number of anilines is 1. The third kappa shape index (κ3) is 3.52. The molecule has 3 aromatic carbocycles. The zero-order valence-electron chi connectivity index (χ0n) is 14.2. The van der Waals surface area contributed by atoms with Crippen LogP contribution in [0.25, 0.3) is 0 Å². The first-order chi connectivity index (χ1) is 13.1. The lowest BCUT2D eigenvalue weighted by Crippen LogP contribution is -2.52. The number of rotatable bonds is 3. The van der Waals surface area contributed by atoms with Gasteiger partial charge in [0.15, 0.2) is 0 Å². The van der Waals surface area contributed by atoms with E-state index < -0.39 is 6.17 Å². The zero-order chi connectivity index (χ0) is 18.8. The summed E-state index contributed by atoms with van der Waals surface area (Å²) < 4.78 is 0.953. The Labute approximate surface area is 170 Å². The van der Waals surface area contributed by atoms with Crippen LogP contribution in [0.15, 0.2) is 78.9 Å². The van der Waals surface area contributed by atoms with Crippen molar-refractivity contribution in [2.24, 2.45) is 0 Å². The van der Waals surface area contributed by atoms with Crippen LogP contribution in [-0.2, 0) is 0 Å². The summed E-state index contributed by atoms with van der Waals surface area (Å²) in [5.41, 5.74) is 5.42. The maximum Gasteiger partial charge on any atom is 0.276 e. The lowest BCUT2D eigenvalue weighted by Gasteiger charge is -2.37. The van der Waals surface area contributed by atoms with E-state index in [9.17, 15) is 9.59 Å². The summed E-state index contributed by atoms with van der Waals surface area (Å²) >= 11 is 2.17. The summed E-state index contributed by atoms with van der Waals surface area (Å²) in [6.45, 7) is 0. The second kappa shape index (κ2) is 7.40. The van der Waals surface area contributed by atoms with Gasteiger partial charge in [0.1, 0.15) is 6.17 Å². The van der Waals surface area contributed by atoms with Crippen molar-refractivity contribution in [3.8, 4) is 0 Å². The van der Waals surface area contributed by atoms with Crippen LogP contribution < -0.4 is 10.7 Å². The van der Waals surface area contributed by atoms with Crippen LogP contribution >= 0.6 is 22.6 Å². The quantitative estimate of drug-likeness (QED) is 0.566. The molecule has 0 saturated heterocycles. The maximum absolute atomic E-state index is 13.2. The lowest BCUT2D eigenvalue weighted by atomic mass is 10.0. The zero-order valence-corrected chi connectivity index (χ0v) is 16.4. The monoisotopic (exact) mass is 469 g/mol. The van der Waals surface area contributed by atoms with Gasteiger partial charge in [0.05, 0.1) is 5.56 Å². The molecule has 2 amide bonds. The van der Waals surface area contributed by atoms with E-state index in [1.165, 1.54) is 5.01 Å². The number of carbonyl (C=O) groups excluding carboxylic acids is 2. The van der Waals surface area contributed by atoms with Gasteiger partial charge >= 0.3 is 0 Å². The van der Waals surface area contributed by atoms with E-state index in [4.69, 9.17) is 0 Å². The van der Waals surface area contributed by atoms with E-state index in [0.29, 0.717) is 11.1 Å². The van der Waals surface area contributed by atoms with Crippen LogP contribution in [-0.4, -0.2) is 16.8 Å². The molecule has 1 aliphatic heterocycles. The molecule has 1 atom stereocenters. The van der Waals surface area contributed by atoms with Gasteiger partial charge in [-0.05, 0) is 58.5 Å². The second-order valence-corrected chi connectivity index (χ2v) is 7.38. The van der Waals surface area contributed by atoms with Crippen LogP contribution in [0.5, 0.6) is 0 Å². The van der Waals surface area contributed by atoms with E-state index in [-0.39, 0.29) is 11.8 Å². The van der Waals surface area contributed by atoms with E-state index in [0.717, 1.165) is 14.8 Å². The molecule has 5 nitrogen and oxygen atoms in total. The van der Waals surface area contributed by atoms with Crippen molar-refractivity contribution >= 4 is 40.1 Å². The van der Waals surface area contributed by atoms with Crippen LogP contribution in [0.2, 0.25) is 0 Å². The largest absolute Gasteiger partial charge is 0.359 e. The van der Waals surface area contributed by atoms with Crippen molar-refractivity contribution in [1.82, 2.24) is 10.4 Å². The molecule has 1 unspecified atom stereocenters. The number of carbonyl (C=O) groups is 2. The van der Waals surface area contributed by atoms with E-state index in [1.807, 2.05) is 54.6 Å². The van der Waals surface area contributed by atoms with Crippen molar-refractivity contribution in [3.05, 3.63) is 99.1 Å². The molecule has 134 valence electrons. The maximum atomic E-state index is 13.2. The lowest BCUT2D eigenvalue weighted by molar-refractivity contribution is 0.0491. The predicted octanol–water partition coefficient (Wildman–Crippen LogP) is 4.20. The number of nitrogens with one attached hydrogen (secondary N) is 2. The Bertz CT molecular complexity index is 993. The summed E-state index contributed by atoms with van der Waals surface area (Å²) in [5.74, 6) is -0.582. The number of amides is 2. The summed E-state index contributed by atoms with van der Waals surface area (Å²) in [6, 6.07) is 24.1. The fraction of sp³-hybridized carbons (Fsp3) is 0.0476. The molecule has 0 fully saturated rings. The highest BCUT2D eigenvalue weighted by Crippen LogP contribution is 2.32. The Morgan fingerprint density at radius 1 is 0.963 bits per heavy atom. The Balaban J connectivity index is 1.73. The topological polar surface area (TPSA) is 61.4 Å². The first kappa shape index (κ1) is 17.5. The van der Waals surface area contributed by atoms with Gasteiger partial charge in [-0.3, -0.25) is 15.0 Å². The van der Waals surface area contributed by atoms with E-state index in [2.05, 4.69) is 33.3 Å². The molecule has 1 heterocycles. The number of hydrogen-bond donors (Lipinski definition) is 2. The average molecular weight is 469 g/mol. The normalized spacial score (nSPS) is 15.7. The molecule has 2 N–H and O–H groups in total. The molecule has 0 aromatic heterocycles. The number of hydrogen-bond acceptors (Lipinski definition) is 3. The highest BCUT2D eigenvalue weighted by atomic mass is 127. The molecular formula is C21H16IN3O2. The summed E-state index contributed by atoms with van der Waals surface area (Å²) in [5, 5.41) is 4.73. The van der Waals surface area contributed by atoms with Gasteiger partial charge in [0.2, 0.25) is 0 Å². The summed E-state index contributed by atoms with van der Waals surface area (Å²) in [4.78, 5) is 25.9. The SMILES string of the molecule is O=C(NN1C(=O)c2cc(I)ccc2NC1c1ccccc1)c1ccccc1. The van der Waals surface area contributed by atoms with Gasteiger partial charge in [-0.1, -0.05) is 48.5 Å². The average Bonchev–Trinajstić information content (AvgIpc) is 2.71. The molecule has 0 radical (unpaired) electrons. The van der Waals surface area contributed by atoms with Crippen molar-refractivity contribution in [2.75, 3.05) is 5.32 Å². The number of benzene rings is 3. The van der Waals surface area contributed by atoms with Crippen LogP contribution in [0, 0.1) is 3.57 Å². The Morgan fingerprint density at radius 3 is 2.33 bits per heavy atom. The molecule has 0 saturated carbocycles. The molecule has 27 heavy (non-hydrogen) atoms. The van der Waals surface area contributed by atoms with Gasteiger partial charge in [-0.25, -0.2) is 5.01 Å². The Hall–Kier alpha value is -2.87. The third-order valence-electron chi connectivity index (χ3n) is 4.35. The first-order valence-corrected chi connectivity index (χ1v) is 9.52. The molecule has 6 heteroatoms. The van der Waals surface area contributed by atoms with Gasteiger partial charge in [-0.2, -0.15) is 0 Å². The molecule has 0 aliphatic carbocycles. The third-order valence-corrected chi connectivity index (χ3v) is 5.03. The minimum Gasteiger partial charge on any atom is -0.359 e. The molecule has 3 aromatic rings. The molecule has 0 spiro atoms. The minimum absolute atomic E-state index is 0.250. The molecule has 1 aliphatic rings. The Morgan fingerprint density at radius 2 is 1.63 bits per heavy atom. The highest BCUT2D eigenvalue weighted by Gasteiger charge is 2.34. The number of nitrogens with zero attached hydrogens (tertiary/aromatic N) is 1. The fourth-order valence-electron chi connectivity index (χ4n) is 3.02. The van der Waals surface area contributed by atoms with Crippen LogP contribution in [0.3, 0.4) is 0 Å². The van der Waals surface area contributed by atoms with Crippen molar-refractivity contribution in [2.45, 2.75) is 6.17 Å². The van der Waals surface area contributed by atoms with Crippen LogP contribution in [0.1, 0.15) is 32.4 Å². The van der Waals surface area contributed by atoms with E-state index in [1.54, 1.807) is 24.3 Å². The van der Waals surface area contributed by atoms with Gasteiger partial charge in [0.25, 0.3) is 11.8 Å². The summed E-state index contributed by atoms with van der Waals surface area (Å²) in [6.07, 6.45) is -0.501. The minimum atomic E-state index is -0.501. The van der Waals surface area contributed by atoms with Crippen LogP contribution in [0.4, 0.5) is 5.69 Å². The van der Waals surface area contributed by atoms with Crippen molar-refractivity contribution in [3.63, 3.8) is 0 Å². The standard InChI is InChI=1S/C21H16IN3O2/c22-16-11-12-18-17(13-16)21(27)25(19(23-18)14-7-3-1-4-8-14)24-20(26)15-9-5-2-6-10-15/h1-13,19,23H,(H,24,26). The Kier molecular flexibility index (Phi) is 4.81. The molecule has 0 bridgehead atoms. The first-order valence-electron chi connectivity index (χ1n) is 8.44. The predicted molar refractivity (Wildman–Crippen MR) is 112 cm³/mol. The van der Waals surface area contributed by atoms with Crippen molar-refractivity contribution < 1.29 is 9.59 Å². The van der Waals surface area contributed by atoms with E-state index >= 15 is 0 Å². The number of halogens is 1. The number of fused-ring (bicyclic) bond motifs is 1. The highest BCUT2D eigenvalue weighted by molar-refractivity contribution is 14.1. The number of hydrazine groups is 1. The second-order valence-electron chi connectivity index (χ2n) is 6.13.